The van der Waals surface area contributed by atoms with Crippen LogP contribution in [0.4, 0.5) is 0 Å². The third-order valence-electron chi connectivity index (χ3n) is 8.25. The number of carbonyl (C=O) groups is 2. The van der Waals surface area contributed by atoms with Crippen molar-refractivity contribution in [3.63, 3.8) is 0 Å². The first kappa shape index (κ1) is 23.8. The summed E-state index contributed by atoms with van der Waals surface area (Å²) in [5.74, 6) is -1.10. The van der Waals surface area contributed by atoms with Crippen molar-refractivity contribution in [1.82, 2.24) is 0 Å². The molecule has 1 aliphatic carbocycles. The van der Waals surface area contributed by atoms with E-state index in [0.717, 1.165) is 16.7 Å². The minimum Gasteiger partial charge on any atom is -0.495 e. The van der Waals surface area contributed by atoms with E-state index in [1.54, 1.807) is 13.8 Å². The maximum Gasteiger partial charge on any atom is 0.342 e. The molecule has 1 aromatic carbocycles. The highest BCUT2D eigenvalue weighted by Gasteiger charge is 2.63. The Hall–Kier alpha value is -2.32. The zero-order chi connectivity index (χ0) is 24.5. The Morgan fingerprint density at radius 2 is 1.94 bits per heavy atom. The third kappa shape index (κ3) is 3.49. The van der Waals surface area contributed by atoms with Crippen LogP contribution in [0.3, 0.4) is 0 Å². The Morgan fingerprint density at radius 3 is 2.52 bits per heavy atom. The molecule has 1 aromatic rings. The predicted molar refractivity (Wildman–Crippen MR) is 118 cm³/mol. The van der Waals surface area contributed by atoms with Crippen LogP contribution in [0.2, 0.25) is 0 Å². The van der Waals surface area contributed by atoms with Gasteiger partial charge in [0.2, 0.25) is 0 Å². The summed E-state index contributed by atoms with van der Waals surface area (Å²) in [6, 6.07) is 0. The van der Waals surface area contributed by atoms with Crippen LogP contribution in [0, 0.1) is 24.2 Å². The predicted octanol–water partition coefficient (Wildman–Crippen LogP) is 3.01. The summed E-state index contributed by atoms with van der Waals surface area (Å²) >= 11 is 0. The molecular formula is C25H34O8. The number of hydrogen-bond acceptors (Lipinski definition) is 7. The number of rotatable bonds is 5. The molecule has 1 saturated carbocycles. The summed E-state index contributed by atoms with van der Waals surface area (Å²) in [7, 11) is 1.51. The van der Waals surface area contributed by atoms with Gasteiger partial charge in [-0.15, -0.1) is 0 Å². The van der Waals surface area contributed by atoms with Gasteiger partial charge in [0.05, 0.1) is 18.8 Å². The van der Waals surface area contributed by atoms with Gasteiger partial charge in [0.15, 0.2) is 0 Å². The Labute approximate surface area is 193 Å². The summed E-state index contributed by atoms with van der Waals surface area (Å²) in [5.41, 5.74) is -0.0651. The van der Waals surface area contributed by atoms with E-state index in [-0.39, 0.29) is 25.4 Å². The molecule has 0 amide bonds. The van der Waals surface area contributed by atoms with Gasteiger partial charge in [0.1, 0.15) is 29.3 Å². The first-order valence-corrected chi connectivity index (χ1v) is 11.4. The van der Waals surface area contributed by atoms with Gasteiger partial charge in [-0.25, -0.2) is 4.79 Å². The zero-order valence-corrected chi connectivity index (χ0v) is 20.2. The van der Waals surface area contributed by atoms with Crippen LogP contribution in [-0.4, -0.2) is 51.7 Å². The molecule has 3 N–H and O–H groups in total. The van der Waals surface area contributed by atoms with Crippen molar-refractivity contribution in [1.29, 1.82) is 0 Å². The molecule has 4 rings (SSSR count). The van der Waals surface area contributed by atoms with Crippen LogP contribution in [0.25, 0.3) is 0 Å². The van der Waals surface area contributed by atoms with E-state index in [4.69, 9.17) is 14.2 Å². The number of methoxy groups -OCH3 is 1. The van der Waals surface area contributed by atoms with Crippen molar-refractivity contribution in [2.45, 2.75) is 84.2 Å². The lowest BCUT2D eigenvalue weighted by atomic mass is 9.48. The average molecular weight is 463 g/mol. The van der Waals surface area contributed by atoms with E-state index in [9.17, 15) is 24.9 Å². The van der Waals surface area contributed by atoms with Crippen LogP contribution in [-0.2, 0) is 22.6 Å². The Balaban J connectivity index is 1.91. The molecule has 8 nitrogen and oxygen atoms in total. The van der Waals surface area contributed by atoms with Crippen LogP contribution >= 0.6 is 0 Å². The largest absolute Gasteiger partial charge is 0.495 e. The molecule has 182 valence electrons. The number of benzene rings is 1. The molecule has 5 atom stereocenters. The van der Waals surface area contributed by atoms with Crippen molar-refractivity contribution in [3.8, 4) is 11.5 Å². The van der Waals surface area contributed by atoms with Crippen molar-refractivity contribution < 1.29 is 39.1 Å². The van der Waals surface area contributed by atoms with Gasteiger partial charge in [-0.1, -0.05) is 6.92 Å². The van der Waals surface area contributed by atoms with Gasteiger partial charge in [-0.05, 0) is 51.5 Å². The smallest absolute Gasteiger partial charge is 0.342 e. The second kappa shape index (κ2) is 7.60. The highest BCUT2D eigenvalue weighted by molar-refractivity contribution is 5.98. The number of ether oxygens (including phenoxy) is 3. The molecule has 3 aliphatic rings. The molecule has 1 fully saturated rings. The second-order valence-corrected chi connectivity index (χ2v) is 10.9. The molecule has 2 heterocycles. The number of cyclic esters (lactones) is 1. The van der Waals surface area contributed by atoms with Gasteiger partial charge in [0.25, 0.3) is 0 Å². The van der Waals surface area contributed by atoms with Crippen LogP contribution < -0.4 is 9.47 Å². The van der Waals surface area contributed by atoms with Crippen LogP contribution in [0.5, 0.6) is 11.5 Å². The lowest BCUT2D eigenvalue weighted by Gasteiger charge is -2.61. The lowest BCUT2D eigenvalue weighted by molar-refractivity contribution is -0.213. The fourth-order valence-corrected chi connectivity index (χ4v) is 7.11. The number of aliphatic hydroxyl groups excluding tert-OH is 1. The van der Waals surface area contributed by atoms with E-state index in [0.29, 0.717) is 29.9 Å². The standard InChI is InChI=1S/C25H34O8/c1-12-14-11-32-22(29)18(14)20(31-6)13-9-16-24(4,8-7-17(27)28)21(23(2,3)30)15(26)10-25(16,5)33-19(12)13/h15-16,21,26,30H,7-11H2,1-6H3,(H,27,28)/t15-,16+,21+,24+,25+/m1/s1. The van der Waals surface area contributed by atoms with E-state index in [1.807, 2.05) is 20.8 Å². The van der Waals surface area contributed by atoms with Gasteiger partial charge in [-0.3, -0.25) is 4.79 Å². The molecule has 33 heavy (non-hydrogen) atoms. The van der Waals surface area contributed by atoms with E-state index in [2.05, 4.69) is 0 Å². The molecule has 2 aliphatic heterocycles. The first-order valence-electron chi connectivity index (χ1n) is 11.4. The highest BCUT2D eigenvalue weighted by Crippen LogP contribution is 2.61. The number of carbonyl (C=O) groups excluding carboxylic acids is 1. The average Bonchev–Trinajstić information content (AvgIpc) is 3.07. The number of carboxylic acid groups (broad SMARTS) is 1. The highest BCUT2D eigenvalue weighted by atomic mass is 16.5. The fraction of sp³-hybridized carbons (Fsp3) is 0.680. The number of fused-ring (bicyclic) bond motifs is 3. The number of hydrogen-bond donors (Lipinski definition) is 3. The van der Waals surface area contributed by atoms with Crippen molar-refractivity contribution in [2.24, 2.45) is 17.3 Å². The van der Waals surface area contributed by atoms with Crippen molar-refractivity contribution >= 4 is 11.9 Å². The third-order valence-corrected chi connectivity index (χ3v) is 8.25. The van der Waals surface area contributed by atoms with Crippen molar-refractivity contribution in [3.05, 3.63) is 22.3 Å². The number of carboxylic acids is 1. The molecule has 0 spiro atoms. The molecular weight excluding hydrogens is 428 g/mol. The Kier molecular flexibility index (Phi) is 5.49. The molecule has 0 radical (unpaired) electrons. The number of aliphatic carboxylic acids is 1. The SMILES string of the molecule is COc1c2c(c(C)c3c1C(=O)OC3)O[C@@]1(C)C[C@@H](O)[C@@H](C(C)(C)O)[C@@](C)(CCC(=O)O)[C@@H]1C2. The fourth-order valence-electron chi connectivity index (χ4n) is 7.11. The summed E-state index contributed by atoms with van der Waals surface area (Å²) < 4.78 is 17.6. The molecule has 0 saturated heterocycles. The Morgan fingerprint density at radius 1 is 1.27 bits per heavy atom. The van der Waals surface area contributed by atoms with Gasteiger partial charge >= 0.3 is 11.9 Å². The molecule has 0 aromatic heterocycles. The van der Waals surface area contributed by atoms with E-state index >= 15 is 0 Å². The maximum absolute atomic E-state index is 12.5. The first-order chi connectivity index (χ1) is 15.2. The minimum atomic E-state index is -1.24. The summed E-state index contributed by atoms with van der Waals surface area (Å²) in [6.07, 6.45) is 0.0469. The molecule has 8 heteroatoms. The topological polar surface area (TPSA) is 123 Å². The zero-order valence-electron chi connectivity index (χ0n) is 20.2. The van der Waals surface area contributed by atoms with Gasteiger partial charge in [0, 0.05) is 35.8 Å². The van der Waals surface area contributed by atoms with Gasteiger partial charge in [-0.2, -0.15) is 0 Å². The lowest BCUT2D eigenvalue weighted by Crippen LogP contribution is -2.66. The minimum absolute atomic E-state index is 0.0953. The normalized spacial score (nSPS) is 32.8. The van der Waals surface area contributed by atoms with Crippen LogP contribution in [0.1, 0.15) is 74.0 Å². The number of aliphatic hydroxyl groups is 2. The van der Waals surface area contributed by atoms with E-state index < -0.39 is 40.6 Å². The van der Waals surface area contributed by atoms with Gasteiger partial charge < -0.3 is 29.5 Å². The molecule has 0 unspecified atom stereocenters. The quantitative estimate of drug-likeness (QED) is 0.571. The molecule has 0 bridgehead atoms. The summed E-state index contributed by atoms with van der Waals surface area (Å²) in [5, 5.41) is 31.8. The maximum atomic E-state index is 12.5. The Bertz CT molecular complexity index is 1010. The summed E-state index contributed by atoms with van der Waals surface area (Å²) in [6.45, 7) is 9.27. The second-order valence-electron chi connectivity index (χ2n) is 10.9. The monoisotopic (exact) mass is 462 g/mol. The van der Waals surface area contributed by atoms with Crippen LogP contribution in [0.15, 0.2) is 0 Å². The summed E-state index contributed by atoms with van der Waals surface area (Å²) in [4.78, 5) is 24.0. The number of esters is 1. The van der Waals surface area contributed by atoms with Crippen molar-refractivity contribution in [2.75, 3.05) is 7.11 Å². The van der Waals surface area contributed by atoms with E-state index in [1.165, 1.54) is 7.11 Å².